The summed E-state index contributed by atoms with van der Waals surface area (Å²) < 4.78 is 5.43. The van der Waals surface area contributed by atoms with E-state index >= 15 is 0 Å². The maximum absolute atomic E-state index is 5.43. The van der Waals surface area contributed by atoms with Crippen LogP contribution in [0.2, 0.25) is 0 Å². The zero-order valence-corrected chi connectivity index (χ0v) is 12.5. The van der Waals surface area contributed by atoms with Crippen molar-refractivity contribution >= 4 is 0 Å². The van der Waals surface area contributed by atoms with Gasteiger partial charge < -0.3 is 10.1 Å². The molecular weight excluding hydrogens is 224 g/mol. The highest BCUT2D eigenvalue weighted by molar-refractivity contribution is 4.96. The van der Waals surface area contributed by atoms with Gasteiger partial charge in [-0.3, -0.25) is 4.90 Å². The minimum atomic E-state index is 0.518. The number of hydrogen-bond acceptors (Lipinski definition) is 3. The molecule has 18 heavy (non-hydrogen) atoms. The van der Waals surface area contributed by atoms with Gasteiger partial charge in [0, 0.05) is 38.3 Å². The highest BCUT2D eigenvalue weighted by Crippen LogP contribution is 2.31. The van der Waals surface area contributed by atoms with E-state index in [9.17, 15) is 0 Å². The Kier molecular flexibility index (Phi) is 5.05. The van der Waals surface area contributed by atoms with Crippen LogP contribution in [0.15, 0.2) is 0 Å². The topological polar surface area (TPSA) is 24.5 Å². The Morgan fingerprint density at radius 3 is 2.61 bits per heavy atom. The summed E-state index contributed by atoms with van der Waals surface area (Å²) in [6.45, 7) is 9.39. The summed E-state index contributed by atoms with van der Waals surface area (Å²) in [4.78, 5) is 2.77. The molecule has 0 spiro atoms. The molecule has 0 aromatic rings. The molecule has 1 aliphatic heterocycles. The van der Waals surface area contributed by atoms with E-state index in [1.165, 1.54) is 38.8 Å². The number of piperazine rings is 1. The van der Waals surface area contributed by atoms with Gasteiger partial charge in [0.05, 0.1) is 6.10 Å². The quantitative estimate of drug-likeness (QED) is 0.814. The summed E-state index contributed by atoms with van der Waals surface area (Å²) in [7, 11) is 1.85. The van der Waals surface area contributed by atoms with E-state index in [2.05, 4.69) is 31.0 Å². The van der Waals surface area contributed by atoms with Crippen LogP contribution in [0.25, 0.3) is 0 Å². The molecule has 3 atom stereocenters. The van der Waals surface area contributed by atoms with E-state index in [0.29, 0.717) is 12.1 Å². The number of methoxy groups -OCH3 is 1. The normalized spacial score (nSPS) is 39.3. The van der Waals surface area contributed by atoms with E-state index in [1.54, 1.807) is 0 Å². The fraction of sp³-hybridized carbons (Fsp3) is 1.00. The van der Waals surface area contributed by atoms with Crippen molar-refractivity contribution in [1.29, 1.82) is 0 Å². The third-order valence-corrected chi connectivity index (χ3v) is 5.17. The molecule has 1 aliphatic carbocycles. The minimum Gasteiger partial charge on any atom is -0.381 e. The summed E-state index contributed by atoms with van der Waals surface area (Å²) in [5.41, 5.74) is 0. The standard InChI is InChI=1S/C15H30N2O/c1-5-11(3)15-10-17(12(6-2)9-16-15)13-7-14(8-13)18-4/h11-16H,5-10H2,1-4H3. The number of ether oxygens (including phenoxy) is 1. The first kappa shape index (κ1) is 14.3. The van der Waals surface area contributed by atoms with Gasteiger partial charge in [-0.2, -0.15) is 0 Å². The second-order valence-corrected chi connectivity index (χ2v) is 6.14. The van der Waals surface area contributed by atoms with Crippen LogP contribution in [0.1, 0.15) is 46.5 Å². The zero-order chi connectivity index (χ0) is 13.1. The van der Waals surface area contributed by atoms with Crippen LogP contribution < -0.4 is 5.32 Å². The third kappa shape index (κ3) is 2.89. The molecule has 106 valence electrons. The Bertz CT molecular complexity index is 253. The molecule has 2 rings (SSSR count). The third-order valence-electron chi connectivity index (χ3n) is 5.17. The Morgan fingerprint density at radius 1 is 1.33 bits per heavy atom. The molecule has 2 fully saturated rings. The van der Waals surface area contributed by atoms with Crippen LogP contribution in [0.4, 0.5) is 0 Å². The van der Waals surface area contributed by atoms with E-state index in [0.717, 1.165) is 18.0 Å². The maximum atomic E-state index is 5.43. The van der Waals surface area contributed by atoms with Gasteiger partial charge in [-0.25, -0.2) is 0 Å². The predicted molar refractivity (Wildman–Crippen MR) is 75.8 cm³/mol. The summed E-state index contributed by atoms with van der Waals surface area (Å²) in [6, 6.07) is 2.18. The summed E-state index contributed by atoms with van der Waals surface area (Å²) in [5, 5.41) is 3.76. The highest BCUT2D eigenvalue weighted by atomic mass is 16.5. The van der Waals surface area contributed by atoms with Crippen LogP contribution in [0.3, 0.4) is 0 Å². The number of nitrogens with one attached hydrogen (secondary N) is 1. The molecule has 0 amide bonds. The largest absolute Gasteiger partial charge is 0.381 e. The lowest BCUT2D eigenvalue weighted by molar-refractivity contribution is -0.0555. The number of nitrogens with zero attached hydrogens (tertiary/aromatic N) is 1. The Morgan fingerprint density at radius 2 is 2.06 bits per heavy atom. The first-order valence-electron chi connectivity index (χ1n) is 7.71. The van der Waals surface area contributed by atoms with Gasteiger partial charge in [0.1, 0.15) is 0 Å². The smallest absolute Gasteiger partial charge is 0.0601 e. The number of rotatable bonds is 5. The van der Waals surface area contributed by atoms with Crippen LogP contribution >= 0.6 is 0 Å². The predicted octanol–water partition coefficient (Wildman–Crippen LogP) is 2.26. The van der Waals surface area contributed by atoms with Crippen molar-refractivity contribution in [2.75, 3.05) is 20.2 Å². The van der Waals surface area contributed by atoms with E-state index in [4.69, 9.17) is 4.74 Å². The maximum Gasteiger partial charge on any atom is 0.0601 e. The monoisotopic (exact) mass is 254 g/mol. The lowest BCUT2D eigenvalue weighted by Crippen LogP contribution is -2.63. The van der Waals surface area contributed by atoms with Crippen molar-refractivity contribution in [1.82, 2.24) is 10.2 Å². The minimum absolute atomic E-state index is 0.518. The van der Waals surface area contributed by atoms with Gasteiger partial charge in [0.25, 0.3) is 0 Å². The first-order chi connectivity index (χ1) is 8.69. The molecule has 0 aromatic heterocycles. The Hall–Kier alpha value is -0.120. The second kappa shape index (κ2) is 6.36. The van der Waals surface area contributed by atoms with Gasteiger partial charge >= 0.3 is 0 Å². The fourth-order valence-corrected chi connectivity index (χ4v) is 3.34. The molecule has 0 radical (unpaired) electrons. The van der Waals surface area contributed by atoms with Gasteiger partial charge in [-0.1, -0.05) is 27.2 Å². The molecular formula is C15H30N2O. The van der Waals surface area contributed by atoms with Gasteiger partial charge in [0.15, 0.2) is 0 Å². The summed E-state index contributed by atoms with van der Waals surface area (Å²) in [6.07, 6.45) is 5.52. The van der Waals surface area contributed by atoms with Gasteiger partial charge in [0.2, 0.25) is 0 Å². The van der Waals surface area contributed by atoms with Crippen molar-refractivity contribution in [2.45, 2.75) is 70.7 Å². The summed E-state index contributed by atoms with van der Waals surface area (Å²) >= 11 is 0. The molecule has 1 saturated carbocycles. The Balaban J connectivity index is 1.92. The highest BCUT2D eigenvalue weighted by Gasteiger charge is 2.39. The van der Waals surface area contributed by atoms with E-state index in [-0.39, 0.29) is 0 Å². The average Bonchev–Trinajstić information content (AvgIpc) is 2.36. The first-order valence-corrected chi connectivity index (χ1v) is 7.71. The van der Waals surface area contributed by atoms with Crippen molar-refractivity contribution < 1.29 is 4.74 Å². The van der Waals surface area contributed by atoms with E-state index < -0.39 is 0 Å². The summed E-state index contributed by atoms with van der Waals surface area (Å²) in [5.74, 6) is 0.781. The van der Waals surface area contributed by atoms with Gasteiger partial charge in [-0.15, -0.1) is 0 Å². The molecule has 0 bridgehead atoms. The zero-order valence-electron chi connectivity index (χ0n) is 12.5. The fourth-order valence-electron chi connectivity index (χ4n) is 3.34. The molecule has 1 N–H and O–H groups in total. The molecule has 3 heteroatoms. The van der Waals surface area contributed by atoms with E-state index in [1.807, 2.05) is 7.11 Å². The second-order valence-electron chi connectivity index (χ2n) is 6.14. The molecule has 1 heterocycles. The SMILES string of the molecule is CCC(C)C1CN(C2CC(OC)C2)C(CC)CN1. The van der Waals surface area contributed by atoms with Crippen LogP contribution in [0, 0.1) is 5.92 Å². The number of hydrogen-bond donors (Lipinski definition) is 1. The van der Waals surface area contributed by atoms with Crippen molar-refractivity contribution in [2.24, 2.45) is 5.92 Å². The molecule has 0 aromatic carbocycles. The van der Waals surface area contributed by atoms with Crippen LogP contribution in [0.5, 0.6) is 0 Å². The lowest BCUT2D eigenvalue weighted by atomic mass is 9.84. The van der Waals surface area contributed by atoms with Crippen LogP contribution in [-0.4, -0.2) is 49.3 Å². The Labute approximate surface area is 112 Å². The van der Waals surface area contributed by atoms with Crippen molar-refractivity contribution in [3.8, 4) is 0 Å². The molecule has 3 nitrogen and oxygen atoms in total. The van der Waals surface area contributed by atoms with Crippen molar-refractivity contribution in [3.05, 3.63) is 0 Å². The average molecular weight is 254 g/mol. The van der Waals surface area contributed by atoms with Crippen LogP contribution in [-0.2, 0) is 4.74 Å². The molecule has 2 aliphatic rings. The van der Waals surface area contributed by atoms with Crippen molar-refractivity contribution in [3.63, 3.8) is 0 Å². The lowest BCUT2D eigenvalue weighted by Gasteiger charge is -2.50. The van der Waals surface area contributed by atoms with Gasteiger partial charge in [-0.05, 0) is 25.2 Å². The molecule has 1 saturated heterocycles. The molecule has 3 unspecified atom stereocenters.